The van der Waals surface area contributed by atoms with Gasteiger partial charge in [0.25, 0.3) is 5.91 Å². The Morgan fingerprint density at radius 2 is 1.63 bits per heavy atom. The van der Waals surface area contributed by atoms with Crippen LogP contribution in [0.3, 0.4) is 0 Å². The molecule has 6 nitrogen and oxygen atoms in total. The second kappa shape index (κ2) is 8.49. The summed E-state index contributed by atoms with van der Waals surface area (Å²) >= 11 is 0. The van der Waals surface area contributed by atoms with Gasteiger partial charge in [0, 0.05) is 11.3 Å². The number of benzene rings is 2. The van der Waals surface area contributed by atoms with Crippen molar-refractivity contribution in [3.8, 4) is 0 Å². The second-order valence-corrected chi connectivity index (χ2v) is 6.69. The molecule has 1 aliphatic rings. The van der Waals surface area contributed by atoms with Gasteiger partial charge in [0.05, 0.1) is 6.42 Å². The van der Waals surface area contributed by atoms with E-state index >= 15 is 0 Å². The summed E-state index contributed by atoms with van der Waals surface area (Å²) in [5.74, 6) is -1.60. The van der Waals surface area contributed by atoms with Gasteiger partial charge in [0.1, 0.15) is 6.54 Å². The van der Waals surface area contributed by atoms with Crippen LogP contribution in [-0.4, -0.2) is 29.4 Å². The molecule has 0 saturated carbocycles. The highest BCUT2D eigenvalue weighted by Gasteiger charge is 2.13. The minimum absolute atomic E-state index is 0.0896. The van der Waals surface area contributed by atoms with Crippen LogP contribution in [0.25, 0.3) is 0 Å². The Hall–Kier alpha value is -3.15. The summed E-state index contributed by atoms with van der Waals surface area (Å²) in [6.45, 7) is -0.395. The molecule has 2 aromatic carbocycles. The maximum atomic E-state index is 12.5. The number of anilines is 1. The number of carbonyl (C=O) groups is 3. The lowest BCUT2D eigenvalue weighted by Crippen LogP contribution is -2.30. The summed E-state index contributed by atoms with van der Waals surface area (Å²) in [6.07, 6.45) is 4.57. The fourth-order valence-electron chi connectivity index (χ4n) is 3.21. The van der Waals surface area contributed by atoms with Crippen LogP contribution < -0.4 is 10.6 Å². The van der Waals surface area contributed by atoms with Gasteiger partial charge >= 0.3 is 5.97 Å². The van der Waals surface area contributed by atoms with E-state index in [0.29, 0.717) is 11.3 Å². The molecule has 0 spiro atoms. The maximum Gasteiger partial charge on any atom is 0.322 e. The van der Waals surface area contributed by atoms with Gasteiger partial charge in [-0.15, -0.1) is 0 Å². The average Bonchev–Trinajstić information content (AvgIpc) is 2.67. The standard InChI is InChI=1S/C21H22N2O4/c24-19(22-13-20(25)26)11-14-5-9-18(10-6-14)23-21(27)17-8-7-15-3-1-2-4-16(15)12-17/h5-10,12H,1-4,11,13H2,(H,22,24)(H,23,27)(H,25,26). The van der Waals surface area contributed by atoms with Crippen LogP contribution in [0.4, 0.5) is 5.69 Å². The molecule has 0 heterocycles. The van der Waals surface area contributed by atoms with Gasteiger partial charge in [-0.3, -0.25) is 14.4 Å². The molecule has 0 saturated heterocycles. The Kier molecular flexibility index (Phi) is 5.86. The molecule has 0 fully saturated rings. The number of aryl methyl sites for hydroxylation is 2. The van der Waals surface area contributed by atoms with E-state index in [2.05, 4.69) is 10.6 Å². The predicted molar refractivity (Wildman–Crippen MR) is 102 cm³/mol. The summed E-state index contributed by atoms with van der Waals surface area (Å²) in [4.78, 5) is 34.6. The van der Waals surface area contributed by atoms with Gasteiger partial charge in [0.2, 0.25) is 5.91 Å². The van der Waals surface area contributed by atoms with Crippen LogP contribution in [0.15, 0.2) is 42.5 Å². The summed E-state index contributed by atoms with van der Waals surface area (Å²) in [5, 5.41) is 13.7. The number of carboxylic acids is 1. The summed E-state index contributed by atoms with van der Waals surface area (Å²) in [5.41, 5.74) is 4.63. The molecule has 0 unspecified atom stereocenters. The van der Waals surface area contributed by atoms with Crippen molar-refractivity contribution in [2.45, 2.75) is 32.1 Å². The van der Waals surface area contributed by atoms with Crippen molar-refractivity contribution in [3.63, 3.8) is 0 Å². The van der Waals surface area contributed by atoms with Crippen molar-refractivity contribution in [1.82, 2.24) is 5.32 Å². The van der Waals surface area contributed by atoms with Crippen molar-refractivity contribution in [3.05, 3.63) is 64.7 Å². The fraction of sp³-hybridized carbons (Fsp3) is 0.286. The Balaban J connectivity index is 1.58. The SMILES string of the molecule is O=C(O)CNC(=O)Cc1ccc(NC(=O)c2ccc3c(c2)CCCC3)cc1. The van der Waals surface area contributed by atoms with E-state index < -0.39 is 12.5 Å². The fourth-order valence-corrected chi connectivity index (χ4v) is 3.21. The zero-order valence-electron chi connectivity index (χ0n) is 15.0. The second-order valence-electron chi connectivity index (χ2n) is 6.69. The number of rotatable bonds is 6. The average molecular weight is 366 g/mol. The first kappa shape index (κ1) is 18.6. The van der Waals surface area contributed by atoms with Crippen LogP contribution in [-0.2, 0) is 28.9 Å². The van der Waals surface area contributed by atoms with E-state index in [1.165, 1.54) is 24.0 Å². The number of carbonyl (C=O) groups excluding carboxylic acids is 2. The number of aliphatic carboxylic acids is 1. The van der Waals surface area contributed by atoms with Gasteiger partial charge in [-0.2, -0.15) is 0 Å². The number of hydrogen-bond acceptors (Lipinski definition) is 3. The van der Waals surface area contributed by atoms with E-state index in [0.717, 1.165) is 18.4 Å². The summed E-state index contributed by atoms with van der Waals surface area (Å²) < 4.78 is 0. The Morgan fingerprint density at radius 1 is 0.926 bits per heavy atom. The predicted octanol–water partition coefficient (Wildman–Crippen LogP) is 2.56. The molecule has 3 N–H and O–H groups in total. The normalized spacial score (nSPS) is 12.7. The highest BCUT2D eigenvalue weighted by atomic mass is 16.4. The highest BCUT2D eigenvalue weighted by Crippen LogP contribution is 2.22. The first-order chi connectivity index (χ1) is 13.0. The molecule has 140 valence electrons. The zero-order chi connectivity index (χ0) is 19.2. The number of fused-ring (bicyclic) bond motifs is 1. The smallest absolute Gasteiger partial charge is 0.322 e. The lowest BCUT2D eigenvalue weighted by atomic mass is 9.90. The van der Waals surface area contributed by atoms with E-state index in [9.17, 15) is 14.4 Å². The van der Waals surface area contributed by atoms with Crippen LogP contribution in [0.5, 0.6) is 0 Å². The van der Waals surface area contributed by atoms with E-state index in [1.807, 2.05) is 18.2 Å². The van der Waals surface area contributed by atoms with E-state index in [-0.39, 0.29) is 18.2 Å². The van der Waals surface area contributed by atoms with Gasteiger partial charge in [-0.1, -0.05) is 18.2 Å². The lowest BCUT2D eigenvalue weighted by molar-refractivity contribution is -0.137. The molecule has 1 aliphatic carbocycles. The number of nitrogens with one attached hydrogen (secondary N) is 2. The van der Waals surface area contributed by atoms with Crippen LogP contribution >= 0.6 is 0 Å². The largest absolute Gasteiger partial charge is 0.480 e. The Labute approximate surface area is 157 Å². The van der Waals surface area contributed by atoms with Gasteiger partial charge < -0.3 is 15.7 Å². The first-order valence-corrected chi connectivity index (χ1v) is 9.02. The molecule has 0 radical (unpaired) electrons. The highest BCUT2D eigenvalue weighted by molar-refractivity contribution is 6.04. The molecular formula is C21H22N2O4. The summed E-state index contributed by atoms with van der Waals surface area (Å²) in [7, 11) is 0. The van der Waals surface area contributed by atoms with Crippen LogP contribution in [0.1, 0.15) is 39.9 Å². The summed E-state index contributed by atoms with van der Waals surface area (Å²) in [6, 6.07) is 12.8. The van der Waals surface area contributed by atoms with Crippen LogP contribution in [0, 0.1) is 0 Å². The molecule has 0 aliphatic heterocycles. The minimum Gasteiger partial charge on any atom is -0.480 e. The molecule has 2 aromatic rings. The monoisotopic (exact) mass is 366 g/mol. The van der Waals surface area contributed by atoms with E-state index in [1.54, 1.807) is 24.3 Å². The molecular weight excluding hydrogens is 344 g/mol. The number of amides is 2. The number of carboxylic acid groups (broad SMARTS) is 1. The molecule has 3 rings (SSSR count). The first-order valence-electron chi connectivity index (χ1n) is 9.02. The third-order valence-corrected chi connectivity index (χ3v) is 4.62. The van der Waals surface area contributed by atoms with Crippen molar-refractivity contribution in [1.29, 1.82) is 0 Å². The topological polar surface area (TPSA) is 95.5 Å². The Bertz CT molecular complexity index is 859. The molecule has 27 heavy (non-hydrogen) atoms. The molecule has 0 bridgehead atoms. The van der Waals surface area contributed by atoms with Gasteiger partial charge in [-0.05, 0) is 66.6 Å². The van der Waals surface area contributed by atoms with Crippen molar-refractivity contribution >= 4 is 23.5 Å². The van der Waals surface area contributed by atoms with Gasteiger partial charge in [-0.25, -0.2) is 0 Å². The van der Waals surface area contributed by atoms with Crippen molar-refractivity contribution < 1.29 is 19.5 Å². The van der Waals surface area contributed by atoms with Gasteiger partial charge in [0.15, 0.2) is 0 Å². The van der Waals surface area contributed by atoms with Crippen molar-refractivity contribution in [2.24, 2.45) is 0 Å². The number of hydrogen-bond donors (Lipinski definition) is 3. The third kappa shape index (κ3) is 5.17. The molecule has 0 atom stereocenters. The van der Waals surface area contributed by atoms with Crippen molar-refractivity contribution in [2.75, 3.05) is 11.9 Å². The lowest BCUT2D eigenvalue weighted by Gasteiger charge is -2.16. The third-order valence-electron chi connectivity index (χ3n) is 4.62. The maximum absolute atomic E-state index is 12.5. The quantitative estimate of drug-likeness (QED) is 0.732. The zero-order valence-corrected chi connectivity index (χ0v) is 15.0. The minimum atomic E-state index is -1.08. The molecule has 6 heteroatoms. The Morgan fingerprint density at radius 3 is 2.33 bits per heavy atom. The van der Waals surface area contributed by atoms with Crippen LogP contribution in [0.2, 0.25) is 0 Å². The van der Waals surface area contributed by atoms with E-state index in [4.69, 9.17) is 5.11 Å². The molecule has 0 aromatic heterocycles. The molecule has 2 amide bonds.